The van der Waals surface area contributed by atoms with Crippen molar-refractivity contribution in [3.63, 3.8) is 0 Å². The van der Waals surface area contributed by atoms with Crippen molar-refractivity contribution in [2.75, 3.05) is 6.54 Å². The number of piperidine rings is 1. The van der Waals surface area contributed by atoms with Gasteiger partial charge in [-0.25, -0.2) is 9.07 Å². The monoisotopic (exact) mass is 345 g/mol. The molecule has 1 atom stereocenters. The van der Waals surface area contributed by atoms with Crippen LogP contribution in [0.25, 0.3) is 5.69 Å². The summed E-state index contributed by atoms with van der Waals surface area (Å²) in [5.41, 5.74) is 0.980. The number of carbonyl (C=O) groups is 2. The molecule has 0 spiro atoms. The number of nitrogens with zero attached hydrogens (tertiary/aromatic N) is 3. The van der Waals surface area contributed by atoms with Crippen LogP contribution in [0.5, 0.6) is 0 Å². The zero-order chi connectivity index (χ0) is 17.8. The molecule has 2 aromatic rings. The number of benzene rings is 1. The molecule has 0 radical (unpaired) electrons. The fraction of sp³-hybridized carbons (Fsp3) is 0.389. The Hall–Kier alpha value is -2.70. The van der Waals surface area contributed by atoms with E-state index < -0.39 is 5.97 Å². The number of aliphatic carboxylic acids is 1. The second-order valence-corrected chi connectivity index (χ2v) is 6.20. The third-order valence-electron chi connectivity index (χ3n) is 4.48. The molecule has 0 aliphatic carbocycles. The summed E-state index contributed by atoms with van der Waals surface area (Å²) < 4.78 is 14.5. The van der Waals surface area contributed by atoms with E-state index in [4.69, 9.17) is 5.11 Å². The molecule has 1 aromatic heterocycles. The molecule has 1 saturated heterocycles. The maximum atomic E-state index is 13.0. The number of aromatic nitrogens is 2. The van der Waals surface area contributed by atoms with E-state index in [-0.39, 0.29) is 24.2 Å². The first-order chi connectivity index (χ1) is 12.0. The fourth-order valence-electron chi connectivity index (χ4n) is 3.18. The maximum absolute atomic E-state index is 13.0. The van der Waals surface area contributed by atoms with Gasteiger partial charge in [-0.3, -0.25) is 9.59 Å². The first kappa shape index (κ1) is 17.1. The minimum atomic E-state index is -0.849. The lowest BCUT2D eigenvalue weighted by Gasteiger charge is -2.35. The number of hydrogen-bond donors (Lipinski definition) is 1. The SMILES string of the molecule is O=C(O)CC[C@@H]1CCCCN1C(=O)c1ccn(-c2ccc(F)cc2)n1. The van der Waals surface area contributed by atoms with E-state index in [9.17, 15) is 14.0 Å². The van der Waals surface area contributed by atoms with Gasteiger partial charge in [0, 0.05) is 25.2 Å². The second-order valence-electron chi connectivity index (χ2n) is 6.20. The molecule has 0 bridgehead atoms. The zero-order valence-corrected chi connectivity index (χ0v) is 13.8. The normalized spacial score (nSPS) is 17.5. The van der Waals surface area contributed by atoms with Gasteiger partial charge in [-0.1, -0.05) is 0 Å². The number of likely N-dealkylation sites (tertiary alicyclic amines) is 1. The van der Waals surface area contributed by atoms with E-state index >= 15 is 0 Å². The predicted octanol–water partition coefficient (Wildman–Crippen LogP) is 2.87. The number of carboxylic acid groups (broad SMARTS) is 1. The van der Waals surface area contributed by atoms with Crippen LogP contribution >= 0.6 is 0 Å². The standard InChI is InChI=1S/C18H20FN3O3/c19-13-4-6-15(7-5-13)22-12-10-16(20-22)18(25)21-11-2-1-3-14(21)8-9-17(23)24/h4-7,10,12,14H,1-3,8-9,11H2,(H,23,24)/t14-/m0/s1. The largest absolute Gasteiger partial charge is 0.481 e. The minimum Gasteiger partial charge on any atom is -0.481 e. The molecule has 132 valence electrons. The van der Waals surface area contributed by atoms with Crippen molar-refractivity contribution >= 4 is 11.9 Å². The Bertz CT molecular complexity index is 757. The minimum absolute atomic E-state index is 0.0540. The van der Waals surface area contributed by atoms with Gasteiger partial charge in [-0.05, 0) is 56.0 Å². The summed E-state index contributed by atoms with van der Waals surface area (Å²) in [6, 6.07) is 7.43. The Labute approximate surface area is 144 Å². The number of amides is 1. The van der Waals surface area contributed by atoms with Crippen LogP contribution in [-0.4, -0.2) is 44.3 Å². The van der Waals surface area contributed by atoms with Gasteiger partial charge < -0.3 is 10.0 Å². The average molecular weight is 345 g/mol. The van der Waals surface area contributed by atoms with Crippen LogP contribution in [0, 0.1) is 5.82 Å². The lowest BCUT2D eigenvalue weighted by atomic mass is 9.97. The highest BCUT2D eigenvalue weighted by Gasteiger charge is 2.29. The first-order valence-electron chi connectivity index (χ1n) is 8.39. The molecule has 1 fully saturated rings. The molecule has 1 amide bonds. The average Bonchev–Trinajstić information content (AvgIpc) is 3.10. The van der Waals surface area contributed by atoms with Crippen LogP contribution in [0.3, 0.4) is 0 Å². The topological polar surface area (TPSA) is 75.4 Å². The van der Waals surface area contributed by atoms with Crippen molar-refractivity contribution in [2.24, 2.45) is 0 Å². The van der Waals surface area contributed by atoms with Crippen LogP contribution in [0.15, 0.2) is 36.5 Å². The van der Waals surface area contributed by atoms with Gasteiger partial charge in [0.1, 0.15) is 5.82 Å². The molecular weight excluding hydrogens is 325 g/mol. The van der Waals surface area contributed by atoms with Gasteiger partial charge >= 0.3 is 5.97 Å². The van der Waals surface area contributed by atoms with Crippen molar-refractivity contribution in [2.45, 2.75) is 38.1 Å². The number of halogens is 1. The second kappa shape index (κ2) is 7.46. The summed E-state index contributed by atoms with van der Waals surface area (Å²) in [6.45, 7) is 0.618. The number of hydrogen-bond acceptors (Lipinski definition) is 3. The quantitative estimate of drug-likeness (QED) is 0.904. The summed E-state index contributed by atoms with van der Waals surface area (Å²) >= 11 is 0. The van der Waals surface area contributed by atoms with Gasteiger partial charge in [0.05, 0.1) is 5.69 Å². The molecular formula is C18H20FN3O3. The van der Waals surface area contributed by atoms with Crippen molar-refractivity contribution in [1.82, 2.24) is 14.7 Å². The van der Waals surface area contributed by atoms with Crippen molar-refractivity contribution in [3.05, 3.63) is 48.0 Å². The first-order valence-corrected chi connectivity index (χ1v) is 8.39. The lowest BCUT2D eigenvalue weighted by Crippen LogP contribution is -2.44. The number of carbonyl (C=O) groups excluding carboxylic acids is 1. The van der Waals surface area contributed by atoms with Gasteiger partial charge in [0.2, 0.25) is 0 Å². The van der Waals surface area contributed by atoms with Crippen molar-refractivity contribution in [3.8, 4) is 5.69 Å². The predicted molar refractivity (Wildman–Crippen MR) is 89.1 cm³/mol. The highest BCUT2D eigenvalue weighted by atomic mass is 19.1. The third kappa shape index (κ3) is 4.04. The van der Waals surface area contributed by atoms with E-state index in [1.54, 1.807) is 29.3 Å². The van der Waals surface area contributed by atoms with Crippen LogP contribution in [-0.2, 0) is 4.79 Å². The van der Waals surface area contributed by atoms with Crippen molar-refractivity contribution in [1.29, 1.82) is 0 Å². The molecule has 1 aliphatic rings. The van der Waals surface area contributed by atoms with Gasteiger partial charge in [-0.2, -0.15) is 5.10 Å². The highest BCUT2D eigenvalue weighted by Crippen LogP contribution is 2.23. The molecule has 1 aromatic carbocycles. The van der Waals surface area contributed by atoms with Crippen LogP contribution in [0.2, 0.25) is 0 Å². The van der Waals surface area contributed by atoms with E-state index in [0.717, 1.165) is 19.3 Å². The van der Waals surface area contributed by atoms with Crippen LogP contribution in [0.1, 0.15) is 42.6 Å². The Morgan fingerprint density at radius 1 is 1.20 bits per heavy atom. The molecule has 6 nitrogen and oxygen atoms in total. The molecule has 25 heavy (non-hydrogen) atoms. The van der Waals surface area contributed by atoms with E-state index in [1.807, 2.05) is 0 Å². The van der Waals surface area contributed by atoms with Crippen LogP contribution < -0.4 is 0 Å². The lowest BCUT2D eigenvalue weighted by molar-refractivity contribution is -0.137. The van der Waals surface area contributed by atoms with E-state index in [0.29, 0.717) is 24.3 Å². The molecule has 3 rings (SSSR count). The van der Waals surface area contributed by atoms with E-state index in [2.05, 4.69) is 5.10 Å². The fourth-order valence-corrected chi connectivity index (χ4v) is 3.18. The Balaban J connectivity index is 1.75. The Morgan fingerprint density at radius 3 is 2.68 bits per heavy atom. The Kier molecular flexibility index (Phi) is 5.11. The smallest absolute Gasteiger partial charge is 0.303 e. The third-order valence-corrected chi connectivity index (χ3v) is 4.48. The summed E-state index contributed by atoms with van der Waals surface area (Å²) in [6.07, 6.45) is 4.90. The number of carboxylic acids is 1. The van der Waals surface area contributed by atoms with Crippen molar-refractivity contribution < 1.29 is 19.1 Å². The summed E-state index contributed by atoms with van der Waals surface area (Å²) in [7, 11) is 0. The number of rotatable bonds is 5. The highest BCUT2D eigenvalue weighted by molar-refractivity contribution is 5.92. The molecule has 1 N–H and O–H groups in total. The Morgan fingerprint density at radius 2 is 1.96 bits per heavy atom. The van der Waals surface area contributed by atoms with Gasteiger partial charge in [-0.15, -0.1) is 0 Å². The molecule has 7 heteroatoms. The summed E-state index contributed by atoms with van der Waals surface area (Å²) in [4.78, 5) is 25.4. The van der Waals surface area contributed by atoms with Gasteiger partial charge in [0.25, 0.3) is 5.91 Å². The van der Waals surface area contributed by atoms with E-state index in [1.165, 1.54) is 16.8 Å². The molecule has 1 aliphatic heterocycles. The zero-order valence-electron chi connectivity index (χ0n) is 13.8. The maximum Gasteiger partial charge on any atom is 0.303 e. The molecule has 2 heterocycles. The molecule has 0 saturated carbocycles. The van der Waals surface area contributed by atoms with Crippen LogP contribution in [0.4, 0.5) is 4.39 Å². The summed E-state index contributed by atoms with van der Waals surface area (Å²) in [5.74, 6) is -1.36. The van der Waals surface area contributed by atoms with Gasteiger partial charge in [0.15, 0.2) is 5.69 Å². The molecule has 0 unspecified atom stereocenters. The summed E-state index contributed by atoms with van der Waals surface area (Å²) in [5, 5.41) is 13.2.